The Bertz CT molecular complexity index is 170. The molecule has 0 aliphatic heterocycles. The fraction of sp³-hybridized carbons (Fsp3) is 0.923. The van der Waals surface area contributed by atoms with Gasteiger partial charge in [0, 0.05) is 19.5 Å². The highest BCUT2D eigenvalue weighted by molar-refractivity contribution is 4.72. The molecule has 0 aliphatic carbocycles. The van der Waals surface area contributed by atoms with E-state index in [4.69, 9.17) is 5.26 Å². The smallest absolute Gasteiger partial charge is 0.0635 e. The lowest BCUT2D eigenvalue weighted by Gasteiger charge is -2.23. The van der Waals surface area contributed by atoms with E-state index in [0.717, 1.165) is 13.1 Å². The number of nitrogens with zero attached hydrogens (tertiary/aromatic N) is 2. The second-order valence-electron chi connectivity index (χ2n) is 4.66. The lowest BCUT2D eigenvalue weighted by atomic mass is 10.1. The molecule has 0 aliphatic rings. The van der Waals surface area contributed by atoms with Crippen LogP contribution in [-0.2, 0) is 0 Å². The molecule has 0 N–H and O–H groups in total. The summed E-state index contributed by atoms with van der Waals surface area (Å²) < 4.78 is 0. The number of hydrogen-bond donors (Lipinski definition) is 0. The molecule has 0 atom stereocenters. The number of hydrogen-bond acceptors (Lipinski definition) is 2. The third kappa shape index (κ3) is 9.75. The van der Waals surface area contributed by atoms with Crippen LogP contribution in [-0.4, -0.2) is 24.5 Å². The molecule has 0 radical (unpaired) electrons. The van der Waals surface area contributed by atoms with E-state index in [-0.39, 0.29) is 0 Å². The van der Waals surface area contributed by atoms with E-state index in [1.165, 1.54) is 32.2 Å². The standard InChI is InChI=1S/C13H26N2/c1-4-5-6-7-10-15(11-8-9-14)12-13(2)3/h13H,4-8,10-12H2,1-3H3. The molecular formula is C13H26N2. The molecule has 0 unspecified atom stereocenters. The van der Waals surface area contributed by atoms with Crippen molar-refractivity contribution in [1.82, 2.24) is 4.90 Å². The van der Waals surface area contributed by atoms with Crippen molar-refractivity contribution in [3.8, 4) is 6.07 Å². The van der Waals surface area contributed by atoms with Gasteiger partial charge in [-0.15, -0.1) is 0 Å². The first-order valence-electron chi connectivity index (χ1n) is 6.30. The Hall–Kier alpha value is -0.550. The zero-order valence-electron chi connectivity index (χ0n) is 10.6. The van der Waals surface area contributed by atoms with Gasteiger partial charge in [-0.3, -0.25) is 0 Å². The van der Waals surface area contributed by atoms with Gasteiger partial charge in [0.05, 0.1) is 6.07 Å². The third-order valence-corrected chi connectivity index (χ3v) is 2.49. The van der Waals surface area contributed by atoms with Gasteiger partial charge in [0.25, 0.3) is 0 Å². The normalized spacial score (nSPS) is 10.9. The summed E-state index contributed by atoms with van der Waals surface area (Å²) in [6.45, 7) is 9.97. The Kier molecular flexibility index (Phi) is 9.62. The van der Waals surface area contributed by atoms with Crippen LogP contribution in [0.2, 0.25) is 0 Å². The Labute approximate surface area is 95.3 Å². The maximum atomic E-state index is 8.58. The van der Waals surface area contributed by atoms with Crippen LogP contribution in [0, 0.1) is 17.2 Å². The van der Waals surface area contributed by atoms with Crippen molar-refractivity contribution >= 4 is 0 Å². The Morgan fingerprint density at radius 3 is 2.40 bits per heavy atom. The molecule has 0 heterocycles. The molecule has 0 aromatic rings. The van der Waals surface area contributed by atoms with Crippen LogP contribution in [0.3, 0.4) is 0 Å². The van der Waals surface area contributed by atoms with E-state index < -0.39 is 0 Å². The van der Waals surface area contributed by atoms with Gasteiger partial charge >= 0.3 is 0 Å². The van der Waals surface area contributed by atoms with Crippen molar-refractivity contribution in [2.45, 2.75) is 52.9 Å². The summed E-state index contributed by atoms with van der Waals surface area (Å²) in [4.78, 5) is 2.43. The molecule has 0 amide bonds. The third-order valence-electron chi connectivity index (χ3n) is 2.49. The first kappa shape index (κ1) is 14.5. The van der Waals surface area contributed by atoms with Crippen LogP contribution in [0.5, 0.6) is 0 Å². The van der Waals surface area contributed by atoms with Gasteiger partial charge in [0.1, 0.15) is 0 Å². The Morgan fingerprint density at radius 1 is 1.13 bits per heavy atom. The molecule has 0 saturated carbocycles. The lowest BCUT2D eigenvalue weighted by Crippen LogP contribution is -2.29. The van der Waals surface area contributed by atoms with Crippen LogP contribution in [0.4, 0.5) is 0 Å². The summed E-state index contributed by atoms with van der Waals surface area (Å²) in [5.41, 5.74) is 0. The van der Waals surface area contributed by atoms with E-state index in [1.54, 1.807) is 0 Å². The van der Waals surface area contributed by atoms with Crippen molar-refractivity contribution in [2.75, 3.05) is 19.6 Å². The highest BCUT2D eigenvalue weighted by Gasteiger charge is 2.06. The van der Waals surface area contributed by atoms with E-state index in [9.17, 15) is 0 Å². The number of nitriles is 1. The Balaban J connectivity index is 3.65. The lowest BCUT2D eigenvalue weighted by molar-refractivity contribution is 0.244. The molecule has 88 valence electrons. The number of unbranched alkanes of at least 4 members (excludes halogenated alkanes) is 3. The van der Waals surface area contributed by atoms with Gasteiger partial charge in [0.15, 0.2) is 0 Å². The van der Waals surface area contributed by atoms with Crippen LogP contribution in [0.15, 0.2) is 0 Å². The highest BCUT2D eigenvalue weighted by Crippen LogP contribution is 2.05. The van der Waals surface area contributed by atoms with E-state index >= 15 is 0 Å². The molecule has 0 rings (SSSR count). The topological polar surface area (TPSA) is 27.0 Å². The zero-order valence-corrected chi connectivity index (χ0v) is 10.6. The first-order chi connectivity index (χ1) is 7.20. The molecular weight excluding hydrogens is 184 g/mol. The summed E-state index contributed by atoms with van der Waals surface area (Å²) >= 11 is 0. The van der Waals surface area contributed by atoms with Gasteiger partial charge < -0.3 is 4.90 Å². The summed E-state index contributed by atoms with van der Waals surface area (Å²) in [6.07, 6.45) is 5.92. The van der Waals surface area contributed by atoms with E-state index in [2.05, 4.69) is 31.7 Å². The van der Waals surface area contributed by atoms with Crippen molar-refractivity contribution in [3.05, 3.63) is 0 Å². The predicted molar refractivity (Wildman–Crippen MR) is 65.7 cm³/mol. The maximum Gasteiger partial charge on any atom is 0.0635 e. The van der Waals surface area contributed by atoms with Crippen molar-refractivity contribution in [3.63, 3.8) is 0 Å². The molecule has 0 fully saturated rings. The summed E-state index contributed by atoms with van der Waals surface area (Å²) in [6, 6.07) is 2.23. The Morgan fingerprint density at radius 2 is 1.87 bits per heavy atom. The summed E-state index contributed by atoms with van der Waals surface area (Å²) in [5, 5.41) is 8.58. The van der Waals surface area contributed by atoms with Gasteiger partial charge in [-0.1, -0.05) is 40.0 Å². The molecule has 2 nitrogen and oxygen atoms in total. The van der Waals surface area contributed by atoms with Gasteiger partial charge in [-0.05, 0) is 18.9 Å². The van der Waals surface area contributed by atoms with E-state index in [0.29, 0.717) is 12.3 Å². The molecule has 0 bridgehead atoms. The molecule has 15 heavy (non-hydrogen) atoms. The van der Waals surface area contributed by atoms with Crippen LogP contribution >= 0.6 is 0 Å². The number of rotatable bonds is 9. The quantitative estimate of drug-likeness (QED) is 0.545. The minimum Gasteiger partial charge on any atom is -0.302 e. The average Bonchev–Trinajstić information content (AvgIpc) is 2.19. The molecule has 0 aromatic carbocycles. The van der Waals surface area contributed by atoms with Crippen molar-refractivity contribution in [1.29, 1.82) is 5.26 Å². The first-order valence-corrected chi connectivity index (χ1v) is 6.30. The van der Waals surface area contributed by atoms with Gasteiger partial charge in [-0.25, -0.2) is 0 Å². The second-order valence-corrected chi connectivity index (χ2v) is 4.66. The largest absolute Gasteiger partial charge is 0.302 e. The zero-order chi connectivity index (χ0) is 11.5. The molecule has 0 saturated heterocycles. The highest BCUT2D eigenvalue weighted by atomic mass is 15.1. The molecule has 2 heteroatoms. The molecule has 0 aromatic heterocycles. The van der Waals surface area contributed by atoms with E-state index in [1.807, 2.05) is 0 Å². The SMILES string of the molecule is CCCCCCN(CCC#N)CC(C)C. The predicted octanol–water partition coefficient (Wildman–Crippen LogP) is 3.44. The monoisotopic (exact) mass is 210 g/mol. The minimum atomic E-state index is 0.667. The maximum absolute atomic E-state index is 8.58. The summed E-state index contributed by atoms with van der Waals surface area (Å²) in [7, 11) is 0. The van der Waals surface area contributed by atoms with Gasteiger partial charge in [0.2, 0.25) is 0 Å². The van der Waals surface area contributed by atoms with Crippen LogP contribution in [0.1, 0.15) is 52.9 Å². The summed E-state index contributed by atoms with van der Waals surface area (Å²) in [5.74, 6) is 0.704. The minimum absolute atomic E-state index is 0.667. The van der Waals surface area contributed by atoms with Gasteiger partial charge in [-0.2, -0.15) is 5.26 Å². The second kappa shape index (κ2) is 9.98. The fourth-order valence-corrected chi connectivity index (χ4v) is 1.78. The van der Waals surface area contributed by atoms with Crippen LogP contribution < -0.4 is 0 Å². The van der Waals surface area contributed by atoms with Crippen LogP contribution in [0.25, 0.3) is 0 Å². The van der Waals surface area contributed by atoms with Crippen molar-refractivity contribution in [2.24, 2.45) is 5.92 Å². The molecule has 0 spiro atoms. The fourth-order valence-electron chi connectivity index (χ4n) is 1.78. The average molecular weight is 210 g/mol. The van der Waals surface area contributed by atoms with Crippen molar-refractivity contribution < 1.29 is 0 Å².